The van der Waals surface area contributed by atoms with Gasteiger partial charge in [0.05, 0.1) is 0 Å². The molecular formula is C10H10ClNO2. The van der Waals surface area contributed by atoms with E-state index in [-0.39, 0.29) is 0 Å². The summed E-state index contributed by atoms with van der Waals surface area (Å²) in [5.41, 5.74) is 6.21. The highest BCUT2D eigenvalue weighted by atomic mass is 35.5. The van der Waals surface area contributed by atoms with E-state index < -0.39 is 11.5 Å². The van der Waals surface area contributed by atoms with Crippen molar-refractivity contribution in [1.29, 1.82) is 0 Å². The van der Waals surface area contributed by atoms with Crippen LogP contribution >= 0.6 is 11.6 Å². The molecule has 74 valence electrons. The fraction of sp³-hybridized carbons (Fsp3) is 0.300. The van der Waals surface area contributed by atoms with Crippen molar-refractivity contribution in [3.05, 3.63) is 34.3 Å². The van der Waals surface area contributed by atoms with Crippen LogP contribution in [0.5, 0.6) is 0 Å². The van der Waals surface area contributed by atoms with E-state index in [9.17, 15) is 4.79 Å². The SMILES string of the molecule is NC1(C(=O)O)CCc2ccc(Cl)cc21. The molecule has 1 aliphatic rings. The molecule has 1 aliphatic carbocycles. The molecule has 0 radical (unpaired) electrons. The van der Waals surface area contributed by atoms with Crippen molar-refractivity contribution in [1.82, 2.24) is 0 Å². The lowest BCUT2D eigenvalue weighted by atomic mass is 9.93. The number of fused-ring (bicyclic) bond motifs is 1. The molecule has 0 bridgehead atoms. The molecular weight excluding hydrogens is 202 g/mol. The van der Waals surface area contributed by atoms with Crippen LogP contribution in [0, 0.1) is 0 Å². The van der Waals surface area contributed by atoms with Crippen molar-refractivity contribution < 1.29 is 9.90 Å². The Morgan fingerprint density at radius 3 is 2.93 bits per heavy atom. The van der Waals surface area contributed by atoms with Crippen molar-refractivity contribution in [2.75, 3.05) is 0 Å². The molecule has 14 heavy (non-hydrogen) atoms. The van der Waals surface area contributed by atoms with Gasteiger partial charge >= 0.3 is 5.97 Å². The lowest BCUT2D eigenvalue weighted by molar-refractivity contribution is -0.143. The van der Waals surface area contributed by atoms with Crippen LogP contribution in [0.15, 0.2) is 18.2 Å². The molecule has 0 spiro atoms. The number of hydrogen-bond donors (Lipinski definition) is 2. The largest absolute Gasteiger partial charge is 0.480 e. The zero-order chi connectivity index (χ0) is 10.3. The summed E-state index contributed by atoms with van der Waals surface area (Å²) in [4.78, 5) is 11.0. The van der Waals surface area contributed by atoms with E-state index in [2.05, 4.69) is 0 Å². The van der Waals surface area contributed by atoms with Crippen molar-refractivity contribution in [3.8, 4) is 0 Å². The van der Waals surface area contributed by atoms with Crippen LogP contribution in [-0.2, 0) is 16.8 Å². The topological polar surface area (TPSA) is 63.3 Å². The highest BCUT2D eigenvalue weighted by Gasteiger charge is 2.41. The molecule has 3 N–H and O–H groups in total. The quantitative estimate of drug-likeness (QED) is 0.741. The second-order valence-corrected chi connectivity index (χ2v) is 4.01. The van der Waals surface area contributed by atoms with Crippen LogP contribution in [0.1, 0.15) is 17.5 Å². The van der Waals surface area contributed by atoms with E-state index in [4.69, 9.17) is 22.4 Å². The van der Waals surface area contributed by atoms with E-state index >= 15 is 0 Å². The number of benzene rings is 1. The number of aryl methyl sites for hydroxylation is 1. The molecule has 0 saturated carbocycles. The van der Waals surface area contributed by atoms with Gasteiger partial charge in [-0.05, 0) is 36.1 Å². The van der Waals surface area contributed by atoms with Gasteiger partial charge in [0, 0.05) is 5.02 Å². The Hall–Kier alpha value is -1.06. The summed E-state index contributed by atoms with van der Waals surface area (Å²) >= 11 is 5.81. The smallest absolute Gasteiger partial charge is 0.328 e. The molecule has 0 aromatic heterocycles. The molecule has 1 aromatic carbocycles. The first-order valence-corrected chi connectivity index (χ1v) is 4.73. The molecule has 1 aromatic rings. The third kappa shape index (κ3) is 1.21. The lowest BCUT2D eigenvalue weighted by Crippen LogP contribution is -2.42. The summed E-state index contributed by atoms with van der Waals surface area (Å²) in [6.07, 6.45) is 1.15. The highest BCUT2D eigenvalue weighted by Crippen LogP contribution is 2.36. The van der Waals surface area contributed by atoms with Crippen LogP contribution in [0.3, 0.4) is 0 Å². The molecule has 0 saturated heterocycles. The summed E-state index contributed by atoms with van der Waals surface area (Å²) < 4.78 is 0. The van der Waals surface area contributed by atoms with Gasteiger partial charge in [0.1, 0.15) is 5.54 Å². The number of hydrogen-bond acceptors (Lipinski definition) is 2. The Bertz CT molecular complexity index is 405. The summed E-state index contributed by atoms with van der Waals surface area (Å²) in [6, 6.07) is 5.25. The second-order valence-electron chi connectivity index (χ2n) is 3.58. The van der Waals surface area contributed by atoms with Crippen molar-refractivity contribution in [3.63, 3.8) is 0 Å². The predicted octanol–water partition coefficient (Wildman–Crippen LogP) is 1.52. The van der Waals surface area contributed by atoms with E-state index in [1.807, 2.05) is 6.07 Å². The third-order valence-corrected chi connectivity index (χ3v) is 2.96. The number of halogens is 1. The molecule has 1 atom stereocenters. The van der Waals surface area contributed by atoms with Gasteiger partial charge in [-0.25, -0.2) is 4.79 Å². The molecule has 0 heterocycles. The minimum absolute atomic E-state index is 0.442. The number of carbonyl (C=O) groups is 1. The average Bonchev–Trinajstić information content (AvgIpc) is 2.46. The highest BCUT2D eigenvalue weighted by molar-refractivity contribution is 6.30. The van der Waals surface area contributed by atoms with Gasteiger partial charge in [0.25, 0.3) is 0 Å². The first-order valence-electron chi connectivity index (χ1n) is 4.35. The molecule has 4 heteroatoms. The monoisotopic (exact) mass is 211 g/mol. The Kier molecular flexibility index (Phi) is 2.01. The number of carboxylic acids is 1. The summed E-state index contributed by atoms with van der Waals surface area (Å²) in [5.74, 6) is -0.987. The number of carboxylic acid groups (broad SMARTS) is 1. The molecule has 3 nitrogen and oxygen atoms in total. The third-order valence-electron chi connectivity index (χ3n) is 2.72. The van der Waals surface area contributed by atoms with Gasteiger partial charge in [-0.15, -0.1) is 0 Å². The normalized spacial score (nSPS) is 24.7. The Balaban J connectivity index is 2.58. The van der Waals surface area contributed by atoms with E-state index in [0.29, 0.717) is 23.4 Å². The van der Waals surface area contributed by atoms with Crippen molar-refractivity contribution in [2.24, 2.45) is 5.73 Å². The van der Waals surface area contributed by atoms with Crippen LogP contribution in [0.2, 0.25) is 5.02 Å². The zero-order valence-electron chi connectivity index (χ0n) is 7.46. The number of nitrogens with two attached hydrogens (primary N) is 1. The summed E-state index contributed by atoms with van der Waals surface area (Å²) in [5, 5.41) is 9.57. The molecule has 0 fully saturated rings. The van der Waals surface area contributed by atoms with Gasteiger partial charge in [0.15, 0.2) is 0 Å². The van der Waals surface area contributed by atoms with E-state index in [1.165, 1.54) is 0 Å². The van der Waals surface area contributed by atoms with Gasteiger partial charge in [-0.2, -0.15) is 0 Å². The van der Waals surface area contributed by atoms with Crippen LogP contribution < -0.4 is 5.73 Å². The maximum absolute atomic E-state index is 11.0. The predicted molar refractivity (Wildman–Crippen MR) is 53.3 cm³/mol. The second kappa shape index (κ2) is 2.97. The summed E-state index contributed by atoms with van der Waals surface area (Å²) in [7, 11) is 0. The standard InChI is InChI=1S/C10H10ClNO2/c11-7-2-1-6-3-4-10(12,9(13)14)8(6)5-7/h1-2,5H,3-4,12H2,(H,13,14). The van der Waals surface area contributed by atoms with Gasteiger partial charge < -0.3 is 10.8 Å². The van der Waals surface area contributed by atoms with Crippen molar-refractivity contribution in [2.45, 2.75) is 18.4 Å². The Morgan fingerprint density at radius 2 is 2.29 bits per heavy atom. The zero-order valence-corrected chi connectivity index (χ0v) is 8.21. The number of aliphatic carboxylic acids is 1. The van der Waals surface area contributed by atoms with Gasteiger partial charge in [-0.3, -0.25) is 0 Å². The first-order chi connectivity index (χ1) is 6.54. The van der Waals surface area contributed by atoms with Crippen LogP contribution in [-0.4, -0.2) is 11.1 Å². The fourth-order valence-corrected chi connectivity index (χ4v) is 2.04. The maximum atomic E-state index is 11.0. The van der Waals surface area contributed by atoms with E-state index in [1.54, 1.807) is 12.1 Å². The molecule has 2 rings (SSSR count). The fourth-order valence-electron chi connectivity index (χ4n) is 1.87. The molecule has 0 aliphatic heterocycles. The number of rotatable bonds is 1. The maximum Gasteiger partial charge on any atom is 0.328 e. The van der Waals surface area contributed by atoms with Gasteiger partial charge in [0.2, 0.25) is 0 Å². The minimum atomic E-state index is -1.25. The first kappa shape index (κ1) is 9.49. The Labute approximate surface area is 86.5 Å². The average molecular weight is 212 g/mol. The Morgan fingerprint density at radius 1 is 1.57 bits per heavy atom. The molecule has 1 unspecified atom stereocenters. The van der Waals surface area contributed by atoms with Crippen LogP contribution in [0.4, 0.5) is 0 Å². The van der Waals surface area contributed by atoms with Crippen molar-refractivity contribution >= 4 is 17.6 Å². The summed E-state index contributed by atoms with van der Waals surface area (Å²) in [6.45, 7) is 0. The lowest BCUT2D eigenvalue weighted by Gasteiger charge is -2.19. The van der Waals surface area contributed by atoms with Crippen LogP contribution in [0.25, 0.3) is 0 Å². The van der Waals surface area contributed by atoms with Gasteiger partial charge in [-0.1, -0.05) is 17.7 Å². The van der Waals surface area contributed by atoms with E-state index in [0.717, 1.165) is 5.56 Å². The molecule has 0 amide bonds. The minimum Gasteiger partial charge on any atom is -0.480 e.